The third-order valence-electron chi connectivity index (χ3n) is 1.49. The minimum Gasteiger partial charge on any atom is -0.491 e. The summed E-state index contributed by atoms with van der Waals surface area (Å²) in [5, 5.41) is 8.58. The molecule has 0 aliphatic carbocycles. The maximum atomic E-state index is 8.58. The zero-order chi connectivity index (χ0) is 9.68. The molecule has 0 aromatic heterocycles. The second-order valence-electron chi connectivity index (χ2n) is 2.50. The van der Waals surface area contributed by atoms with Crippen LogP contribution in [0, 0.1) is 3.57 Å². The SMILES string of the molecule is C=Cc1cc(I)cc(OCCO)c1. The Hall–Kier alpha value is -0.550. The van der Waals surface area contributed by atoms with E-state index in [1.165, 1.54) is 0 Å². The molecule has 0 fully saturated rings. The lowest BCUT2D eigenvalue weighted by Gasteiger charge is -2.05. The molecule has 0 bridgehead atoms. The average Bonchev–Trinajstić information content (AvgIpc) is 2.14. The van der Waals surface area contributed by atoms with Crippen LogP contribution in [0.15, 0.2) is 24.8 Å². The first-order valence-electron chi connectivity index (χ1n) is 3.93. The number of halogens is 1. The van der Waals surface area contributed by atoms with Gasteiger partial charge in [0.1, 0.15) is 12.4 Å². The molecule has 0 radical (unpaired) electrons. The summed E-state index contributed by atoms with van der Waals surface area (Å²) in [4.78, 5) is 0. The van der Waals surface area contributed by atoms with Crippen molar-refractivity contribution in [2.24, 2.45) is 0 Å². The van der Waals surface area contributed by atoms with E-state index in [1.54, 1.807) is 6.08 Å². The average molecular weight is 290 g/mol. The summed E-state index contributed by atoms with van der Waals surface area (Å²) >= 11 is 2.22. The van der Waals surface area contributed by atoms with Crippen molar-refractivity contribution in [1.29, 1.82) is 0 Å². The van der Waals surface area contributed by atoms with Crippen molar-refractivity contribution < 1.29 is 9.84 Å². The van der Waals surface area contributed by atoms with Gasteiger partial charge in [-0.1, -0.05) is 12.7 Å². The summed E-state index contributed by atoms with van der Waals surface area (Å²) in [6.45, 7) is 4.05. The number of hydrogen-bond donors (Lipinski definition) is 1. The zero-order valence-corrected chi connectivity index (χ0v) is 9.32. The van der Waals surface area contributed by atoms with Crippen LogP contribution >= 0.6 is 22.6 Å². The summed E-state index contributed by atoms with van der Waals surface area (Å²) < 4.78 is 6.38. The number of rotatable bonds is 4. The topological polar surface area (TPSA) is 29.5 Å². The van der Waals surface area contributed by atoms with Crippen LogP contribution in [0.1, 0.15) is 5.56 Å². The molecule has 0 unspecified atom stereocenters. The number of benzene rings is 1. The number of aliphatic hydroxyl groups is 1. The van der Waals surface area contributed by atoms with Crippen molar-refractivity contribution in [3.05, 3.63) is 33.9 Å². The standard InChI is InChI=1S/C10H11IO2/c1-2-8-5-9(11)7-10(6-8)13-4-3-12/h2,5-7,12H,1,3-4H2. The highest BCUT2D eigenvalue weighted by molar-refractivity contribution is 14.1. The van der Waals surface area contributed by atoms with Gasteiger partial charge in [0, 0.05) is 3.57 Å². The second-order valence-corrected chi connectivity index (χ2v) is 3.74. The van der Waals surface area contributed by atoms with E-state index in [1.807, 2.05) is 18.2 Å². The van der Waals surface area contributed by atoms with Gasteiger partial charge < -0.3 is 9.84 Å². The fourth-order valence-corrected chi connectivity index (χ4v) is 1.62. The van der Waals surface area contributed by atoms with Crippen molar-refractivity contribution in [2.45, 2.75) is 0 Å². The monoisotopic (exact) mass is 290 g/mol. The van der Waals surface area contributed by atoms with E-state index >= 15 is 0 Å². The van der Waals surface area contributed by atoms with Crippen LogP contribution in [0.2, 0.25) is 0 Å². The normalized spacial score (nSPS) is 9.69. The van der Waals surface area contributed by atoms with Gasteiger partial charge >= 0.3 is 0 Å². The van der Waals surface area contributed by atoms with Crippen LogP contribution in [0.25, 0.3) is 6.08 Å². The molecule has 0 aliphatic rings. The third kappa shape index (κ3) is 3.36. The van der Waals surface area contributed by atoms with E-state index in [2.05, 4.69) is 29.2 Å². The van der Waals surface area contributed by atoms with Crippen LogP contribution < -0.4 is 4.74 Å². The van der Waals surface area contributed by atoms with Crippen molar-refractivity contribution in [2.75, 3.05) is 13.2 Å². The Kier molecular flexibility index (Phi) is 4.24. The minimum atomic E-state index is 0.0366. The van der Waals surface area contributed by atoms with Gasteiger partial charge in [0.15, 0.2) is 0 Å². The first-order valence-corrected chi connectivity index (χ1v) is 5.01. The molecule has 0 spiro atoms. The molecule has 0 saturated carbocycles. The van der Waals surface area contributed by atoms with E-state index in [-0.39, 0.29) is 6.61 Å². The Morgan fingerprint density at radius 2 is 2.23 bits per heavy atom. The highest BCUT2D eigenvalue weighted by Crippen LogP contribution is 2.19. The lowest BCUT2D eigenvalue weighted by atomic mass is 10.2. The zero-order valence-electron chi connectivity index (χ0n) is 7.16. The molecular weight excluding hydrogens is 279 g/mol. The van der Waals surface area contributed by atoms with Crippen LogP contribution in [-0.4, -0.2) is 18.3 Å². The molecule has 1 aromatic rings. The molecule has 1 N–H and O–H groups in total. The molecule has 3 heteroatoms. The molecule has 0 heterocycles. The van der Waals surface area contributed by atoms with Gasteiger partial charge in [-0.3, -0.25) is 0 Å². The van der Waals surface area contributed by atoms with Gasteiger partial charge in [-0.25, -0.2) is 0 Å². The van der Waals surface area contributed by atoms with Crippen LogP contribution in [-0.2, 0) is 0 Å². The summed E-state index contributed by atoms with van der Waals surface area (Å²) in [5.74, 6) is 0.774. The molecule has 1 rings (SSSR count). The Morgan fingerprint density at radius 1 is 1.46 bits per heavy atom. The largest absolute Gasteiger partial charge is 0.491 e. The van der Waals surface area contributed by atoms with Gasteiger partial charge in [-0.15, -0.1) is 0 Å². The molecule has 0 aliphatic heterocycles. The van der Waals surface area contributed by atoms with Gasteiger partial charge in [-0.05, 0) is 46.4 Å². The maximum absolute atomic E-state index is 8.58. The Balaban J connectivity index is 2.81. The molecule has 1 aromatic carbocycles. The quantitative estimate of drug-likeness (QED) is 0.862. The lowest BCUT2D eigenvalue weighted by Crippen LogP contribution is -2.01. The first-order chi connectivity index (χ1) is 6.26. The predicted molar refractivity (Wildman–Crippen MR) is 61.8 cm³/mol. The van der Waals surface area contributed by atoms with E-state index in [4.69, 9.17) is 9.84 Å². The van der Waals surface area contributed by atoms with Gasteiger partial charge in [0.05, 0.1) is 6.61 Å². The van der Waals surface area contributed by atoms with Crippen LogP contribution in [0.3, 0.4) is 0 Å². The molecular formula is C10H11IO2. The molecule has 2 nitrogen and oxygen atoms in total. The Labute approximate surface area is 91.4 Å². The van der Waals surface area contributed by atoms with Crippen LogP contribution in [0.4, 0.5) is 0 Å². The third-order valence-corrected chi connectivity index (χ3v) is 2.11. The van der Waals surface area contributed by atoms with Crippen molar-refractivity contribution in [3.8, 4) is 5.75 Å². The van der Waals surface area contributed by atoms with E-state index < -0.39 is 0 Å². The fraction of sp³-hybridized carbons (Fsp3) is 0.200. The lowest BCUT2D eigenvalue weighted by molar-refractivity contribution is 0.201. The van der Waals surface area contributed by atoms with Crippen LogP contribution in [0.5, 0.6) is 5.75 Å². The summed E-state index contributed by atoms with van der Waals surface area (Å²) in [6.07, 6.45) is 1.77. The first kappa shape index (κ1) is 10.5. The maximum Gasteiger partial charge on any atom is 0.121 e. The molecule has 0 atom stereocenters. The van der Waals surface area contributed by atoms with Gasteiger partial charge in [-0.2, -0.15) is 0 Å². The molecule has 0 amide bonds. The van der Waals surface area contributed by atoms with Gasteiger partial charge in [0.2, 0.25) is 0 Å². The summed E-state index contributed by atoms with van der Waals surface area (Å²) in [5.41, 5.74) is 1.03. The van der Waals surface area contributed by atoms with Crippen molar-refractivity contribution in [3.63, 3.8) is 0 Å². The Morgan fingerprint density at radius 3 is 2.85 bits per heavy atom. The molecule has 0 saturated heterocycles. The molecule has 13 heavy (non-hydrogen) atoms. The van der Waals surface area contributed by atoms with E-state index in [0.717, 1.165) is 14.9 Å². The number of aliphatic hydroxyl groups excluding tert-OH is 1. The van der Waals surface area contributed by atoms with Gasteiger partial charge in [0.25, 0.3) is 0 Å². The van der Waals surface area contributed by atoms with E-state index in [9.17, 15) is 0 Å². The van der Waals surface area contributed by atoms with E-state index in [0.29, 0.717) is 6.61 Å². The summed E-state index contributed by atoms with van der Waals surface area (Å²) in [6, 6.07) is 5.83. The predicted octanol–water partition coefficient (Wildman–Crippen LogP) is 2.31. The fourth-order valence-electron chi connectivity index (χ4n) is 0.949. The number of ether oxygens (including phenoxy) is 1. The highest BCUT2D eigenvalue weighted by atomic mass is 127. The second kappa shape index (κ2) is 5.24. The number of hydrogen-bond acceptors (Lipinski definition) is 2. The summed E-state index contributed by atoms with van der Waals surface area (Å²) in [7, 11) is 0. The smallest absolute Gasteiger partial charge is 0.121 e. The minimum absolute atomic E-state index is 0.0366. The van der Waals surface area contributed by atoms with Crippen molar-refractivity contribution >= 4 is 28.7 Å². The highest BCUT2D eigenvalue weighted by Gasteiger charge is 1.97. The van der Waals surface area contributed by atoms with Crippen molar-refractivity contribution in [1.82, 2.24) is 0 Å². The molecule has 70 valence electrons. The Bertz CT molecular complexity index is 297.